The summed E-state index contributed by atoms with van der Waals surface area (Å²) in [5.41, 5.74) is 2.83. The molecule has 3 heterocycles. The van der Waals surface area contributed by atoms with Gasteiger partial charge >= 0.3 is 6.03 Å². The molecule has 2 fully saturated rings. The SMILES string of the molecule is Cc1cc2c(cc1C(=O)N1CCC(Cc3ccc(F)cc3)CC1)c(C(=O)C(=O)N1CCN(C)CC1)cn2C(=O)N(C)C. The lowest BCUT2D eigenvalue weighted by Gasteiger charge is -2.32. The van der Waals surface area contributed by atoms with Crippen molar-refractivity contribution in [2.45, 2.75) is 26.2 Å². The van der Waals surface area contributed by atoms with E-state index in [2.05, 4.69) is 4.90 Å². The zero-order chi connectivity index (χ0) is 30.1. The number of Topliss-reactive ketones (excluding diaryl/α,β-unsaturated/α-hetero) is 1. The lowest BCUT2D eigenvalue weighted by Crippen LogP contribution is -2.49. The summed E-state index contributed by atoms with van der Waals surface area (Å²) in [7, 11) is 5.21. The number of aromatic nitrogens is 1. The standard InChI is InChI=1S/C32H38FN5O4/c1-21-17-28-26(19-25(21)30(40)36-11-9-23(10-12-36)18-22-5-7-24(33)8-6-22)27(20-38(28)32(42)34(2)3)29(39)31(41)37-15-13-35(4)14-16-37/h5-8,17,19-20,23H,9-16,18H2,1-4H3. The maximum absolute atomic E-state index is 13.7. The predicted octanol–water partition coefficient (Wildman–Crippen LogP) is 3.67. The van der Waals surface area contributed by atoms with Crippen LogP contribution in [-0.2, 0) is 11.2 Å². The minimum Gasteiger partial charge on any atom is -0.339 e. The number of nitrogens with zero attached hydrogens (tertiary/aromatic N) is 5. The zero-order valence-corrected chi connectivity index (χ0v) is 24.7. The Bertz CT molecular complexity index is 1510. The van der Waals surface area contributed by atoms with Gasteiger partial charge in [-0.2, -0.15) is 0 Å². The number of rotatable bonds is 5. The van der Waals surface area contributed by atoms with E-state index in [1.54, 1.807) is 31.1 Å². The van der Waals surface area contributed by atoms with Crippen LogP contribution in [0.4, 0.5) is 9.18 Å². The van der Waals surface area contributed by atoms with Gasteiger partial charge in [-0.25, -0.2) is 9.18 Å². The van der Waals surface area contributed by atoms with Crippen LogP contribution in [0.2, 0.25) is 0 Å². The maximum Gasteiger partial charge on any atom is 0.328 e. The van der Waals surface area contributed by atoms with E-state index in [-0.39, 0.29) is 23.3 Å². The van der Waals surface area contributed by atoms with Crippen LogP contribution in [0.15, 0.2) is 42.6 Å². The Morgan fingerprint density at radius 1 is 0.881 bits per heavy atom. The van der Waals surface area contributed by atoms with Gasteiger partial charge in [0.25, 0.3) is 17.6 Å². The summed E-state index contributed by atoms with van der Waals surface area (Å²) >= 11 is 0. The van der Waals surface area contributed by atoms with Crippen LogP contribution in [0.25, 0.3) is 10.9 Å². The lowest BCUT2D eigenvalue weighted by atomic mass is 9.89. The van der Waals surface area contributed by atoms with Crippen molar-refractivity contribution in [3.63, 3.8) is 0 Å². The summed E-state index contributed by atoms with van der Waals surface area (Å²) in [4.78, 5) is 60.5. The van der Waals surface area contributed by atoms with Gasteiger partial charge in [0, 0.05) is 70.5 Å². The third kappa shape index (κ3) is 5.94. The Morgan fingerprint density at radius 2 is 1.52 bits per heavy atom. The molecule has 222 valence electrons. The smallest absolute Gasteiger partial charge is 0.328 e. The number of ketones is 1. The molecule has 2 aliphatic heterocycles. The number of amides is 3. The lowest BCUT2D eigenvalue weighted by molar-refractivity contribution is -0.127. The van der Waals surface area contributed by atoms with E-state index in [0.717, 1.165) is 24.8 Å². The first-order valence-corrected chi connectivity index (χ1v) is 14.5. The summed E-state index contributed by atoms with van der Waals surface area (Å²) in [6, 6.07) is 9.64. The van der Waals surface area contributed by atoms with Crippen LogP contribution in [-0.4, -0.2) is 108 Å². The fraction of sp³-hybridized carbons (Fsp3) is 0.438. The largest absolute Gasteiger partial charge is 0.339 e. The third-order valence-electron chi connectivity index (χ3n) is 8.54. The summed E-state index contributed by atoms with van der Waals surface area (Å²) in [6.07, 6.45) is 3.94. The van der Waals surface area contributed by atoms with E-state index >= 15 is 0 Å². The van der Waals surface area contributed by atoms with E-state index in [1.807, 2.05) is 31.0 Å². The summed E-state index contributed by atoms with van der Waals surface area (Å²) in [5.74, 6) is -1.26. The van der Waals surface area contributed by atoms with Crippen molar-refractivity contribution < 1.29 is 23.6 Å². The van der Waals surface area contributed by atoms with Crippen LogP contribution in [0.5, 0.6) is 0 Å². The van der Waals surface area contributed by atoms with Gasteiger partial charge in [-0.3, -0.25) is 19.0 Å². The second-order valence-corrected chi connectivity index (χ2v) is 11.8. The minimum atomic E-state index is -0.682. The first-order chi connectivity index (χ1) is 20.0. The van der Waals surface area contributed by atoms with Crippen molar-refractivity contribution in [2.75, 3.05) is 60.4 Å². The number of aryl methyl sites for hydroxylation is 1. The zero-order valence-electron chi connectivity index (χ0n) is 24.7. The number of carbonyl (C=O) groups is 4. The van der Waals surface area contributed by atoms with Crippen LogP contribution >= 0.6 is 0 Å². The number of piperazine rings is 1. The molecular formula is C32H38FN5O4. The molecule has 5 rings (SSSR count). The molecule has 3 amide bonds. The Kier molecular flexibility index (Phi) is 8.45. The van der Waals surface area contributed by atoms with Crippen LogP contribution in [0.1, 0.15) is 44.7 Å². The molecule has 0 radical (unpaired) electrons. The molecule has 10 heteroatoms. The van der Waals surface area contributed by atoms with Crippen molar-refractivity contribution in [1.29, 1.82) is 0 Å². The quantitative estimate of drug-likeness (QED) is 0.342. The number of benzene rings is 2. The van der Waals surface area contributed by atoms with Gasteiger partial charge in [-0.1, -0.05) is 12.1 Å². The Morgan fingerprint density at radius 3 is 2.14 bits per heavy atom. The summed E-state index contributed by atoms with van der Waals surface area (Å²) < 4.78 is 14.7. The predicted molar refractivity (Wildman–Crippen MR) is 158 cm³/mol. The van der Waals surface area contributed by atoms with Crippen molar-refractivity contribution in [1.82, 2.24) is 24.2 Å². The molecule has 0 saturated carbocycles. The molecule has 42 heavy (non-hydrogen) atoms. The monoisotopic (exact) mass is 575 g/mol. The van der Waals surface area contributed by atoms with Crippen molar-refractivity contribution in [3.8, 4) is 0 Å². The molecule has 0 atom stereocenters. The molecule has 2 aliphatic rings. The third-order valence-corrected chi connectivity index (χ3v) is 8.54. The average Bonchev–Trinajstić information content (AvgIpc) is 3.35. The molecule has 0 bridgehead atoms. The van der Waals surface area contributed by atoms with E-state index in [4.69, 9.17) is 0 Å². The second-order valence-electron chi connectivity index (χ2n) is 11.8. The number of piperidine rings is 1. The molecule has 3 aromatic rings. The number of hydrogen-bond acceptors (Lipinski definition) is 5. The van der Waals surface area contributed by atoms with Gasteiger partial charge < -0.3 is 19.6 Å². The number of halogens is 1. The highest BCUT2D eigenvalue weighted by atomic mass is 19.1. The van der Waals surface area contributed by atoms with Crippen molar-refractivity contribution in [3.05, 3.63) is 70.7 Å². The number of carbonyl (C=O) groups excluding carboxylic acids is 4. The second kappa shape index (κ2) is 12.1. The fourth-order valence-electron chi connectivity index (χ4n) is 5.89. The highest BCUT2D eigenvalue weighted by molar-refractivity contribution is 6.45. The Balaban J connectivity index is 1.40. The number of likely N-dealkylation sites (tertiary alicyclic amines) is 1. The summed E-state index contributed by atoms with van der Waals surface area (Å²) in [6.45, 7) is 5.28. The Labute approximate surface area is 245 Å². The molecule has 2 aromatic carbocycles. The molecule has 0 unspecified atom stereocenters. The van der Waals surface area contributed by atoms with Crippen LogP contribution < -0.4 is 0 Å². The van der Waals surface area contributed by atoms with Gasteiger partial charge in [-0.15, -0.1) is 0 Å². The highest BCUT2D eigenvalue weighted by Crippen LogP contribution is 2.29. The van der Waals surface area contributed by atoms with E-state index in [9.17, 15) is 23.6 Å². The first-order valence-electron chi connectivity index (χ1n) is 14.5. The van der Waals surface area contributed by atoms with Gasteiger partial charge in [0.1, 0.15) is 5.82 Å². The minimum absolute atomic E-state index is 0.121. The molecular weight excluding hydrogens is 537 g/mol. The van der Waals surface area contributed by atoms with E-state index in [0.29, 0.717) is 67.2 Å². The summed E-state index contributed by atoms with van der Waals surface area (Å²) in [5, 5.41) is 0.415. The highest BCUT2D eigenvalue weighted by Gasteiger charge is 2.31. The molecule has 0 aliphatic carbocycles. The fourth-order valence-corrected chi connectivity index (χ4v) is 5.89. The van der Waals surface area contributed by atoms with Gasteiger partial charge in [0.15, 0.2) is 0 Å². The van der Waals surface area contributed by atoms with Crippen molar-refractivity contribution >= 4 is 34.5 Å². The maximum atomic E-state index is 13.7. The van der Waals surface area contributed by atoms with Crippen molar-refractivity contribution in [2.24, 2.45) is 5.92 Å². The number of hydrogen-bond donors (Lipinski definition) is 0. The molecule has 9 nitrogen and oxygen atoms in total. The Hall–Kier alpha value is -4.05. The normalized spacial score (nSPS) is 16.6. The van der Waals surface area contributed by atoms with Gasteiger partial charge in [0.05, 0.1) is 11.1 Å². The molecule has 0 N–H and O–H groups in total. The van der Waals surface area contributed by atoms with Crippen LogP contribution in [0, 0.1) is 18.7 Å². The van der Waals surface area contributed by atoms with E-state index in [1.165, 1.54) is 27.8 Å². The topological polar surface area (TPSA) is 86.2 Å². The molecule has 1 aromatic heterocycles. The first kappa shape index (κ1) is 29.4. The van der Waals surface area contributed by atoms with E-state index < -0.39 is 11.7 Å². The number of likely N-dealkylation sites (N-methyl/N-ethyl adjacent to an activating group) is 1. The van der Waals surface area contributed by atoms with Crippen LogP contribution in [0.3, 0.4) is 0 Å². The average molecular weight is 576 g/mol. The molecule has 0 spiro atoms. The van der Waals surface area contributed by atoms with Gasteiger partial charge in [0.2, 0.25) is 0 Å². The van der Waals surface area contributed by atoms with Gasteiger partial charge in [-0.05, 0) is 74.5 Å². The molecule has 2 saturated heterocycles. The number of fused-ring (bicyclic) bond motifs is 1.